The largest absolute Gasteiger partial charge is 0.496 e. The highest BCUT2D eigenvalue weighted by Gasteiger charge is 2.12. The molecule has 0 heterocycles. The first-order chi connectivity index (χ1) is 11.8. The van der Waals surface area contributed by atoms with E-state index in [1.54, 1.807) is 7.11 Å². The lowest BCUT2D eigenvalue weighted by atomic mass is 10.0. The van der Waals surface area contributed by atoms with E-state index < -0.39 is 0 Å². The molecule has 0 aliphatic heterocycles. The van der Waals surface area contributed by atoms with Gasteiger partial charge in [-0.05, 0) is 29.3 Å². The van der Waals surface area contributed by atoms with Crippen LogP contribution >= 0.6 is 0 Å². The average molecular weight is 316 g/mol. The van der Waals surface area contributed by atoms with Crippen molar-refractivity contribution in [3.8, 4) is 22.6 Å². The molecule has 0 aromatic heterocycles. The van der Waals surface area contributed by atoms with Crippen molar-refractivity contribution >= 4 is 6.08 Å². The Morgan fingerprint density at radius 2 is 1.58 bits per heavy atom. The second kappa shape index (κ2) is 7.51. The van der Waals surface area contributed by atoms with Gasteiger partial charge in [-0.2, -0.15) is 0 Å². The molecule has 0 saturated carbocycles. The highest BCUT2D eigenvalue weighted by Crippen LogP contribution is 2.37. The maximum atomic E-state index is 6.09. The summed E-state index contributed by atoms with van der Waals surface area (Å²) in [6.45, 7) is 4.38. The van der Waals surface area contributed by atoms with Crippen LogP contribution in [0.25, 0.3) is 17.2 Å². The predicted molar refractivity (Wildman–Crippen MR) is 99.3 cm³/mol. The van der Waals surface area contributed by atoms with Crippen LogP contribution in [0.1, 0.15) is 11.1 Å². The zero-order valence-electron chi connectivity index (χ0n) is 13.7. The molecule has 0 bridgehead atoms. The third-order valence-corrected chi connectivity index (χ3v) is 3.87. The maximum absolute atomic E-state index is 6.09. The van der Waals surface area contributed by atoms with E-state index in [9.17, 15) is 0 Å². The summed E-state index contributed by atoms with van der Waals surface area (Å²) in [5.74, 6) is 1.65. The fraction of sp³-hybridized carbons (Fsp3) is 0.0909. The molecule has 2 heteroatoms. The van der Waals surface area contributed by atoms with Crippen LogP contribution in [0, 0.1) is 0 Å². The number of hydrogen-bond acceptors (Lipinski definition) is 2. The molecule has 120 valence electrons. The molecule has 0 aliphatic carbocycles. The van der Waals surface area contributed by atoms with Gasteiger partial charge in [0, 0.05) is 11.1 Å². The Bertz CT molecular complexity index is 822. The van der Waals surface area contributed by atoms with Gasteiger partial charge in [0.05, 0.1) is 7.11 Å². The third-order valence-electron chi connectivity index (χ3n) is 3.87. The molecule has 0 amide bonds. The van der Waals surface area contributed by atoms with Crippen LogP contribution in [0.5, 0.6) is 11.5 Å². The topological polar surface area (TPSA) is 18.5 Å². The smallest absolute Gasteiger partial charge is 0.127 e. The first-order valence-corrected chi connectivity index (χ1v) is 7.88. The van der Waals surface area contributed by atoms with Crippen molar-refractivity contribution in [3.63, 3.8) is 0 Å². The molecular weight excluding hydrogens is 296 g/mol. The van der Waals surface area contributed by atoms with Crippen molar-refractivity contribution in [2.24, 2.45) is 0 Å². The van der Waals surface area contributed by atoms with Gasteiger partial charge in [0.25, 0.3) is 0 Å². The second-order valence-corrected chi connectivity index (χ2v) is 5.43. The second-order valence-electron chi connectivity index (χ2n) is 5.43. The van der Waals surface area contributed by atoms with Gasteiger partial charge in [-0.3, -0.25) is 0 Å². The van der Waals surface area contributed by atoms with Gasteiger partial charge >= 0.3 is 0 Å². The van der Waals surface area contributed by atoms with E-state index in [1.807, 2.05) is 60.7 Å². The molecule has 2 nitrogen and oxygen atoms in total. The molecule has 3 aromatic carbocycles. The van der Waals surface area contributed by atoms with E-state index in [0.29, 0.717) is 6.61 Å². The number of benzene rings is 3. The Morgan fingerprint density at radius 3 is 2.33 bits per heavy atom. The monoisotopic (exact) mass is 316 g/mol. The van der Waals surface area contributed by atoms with Gasteiger partial charge in [-0.1, -0.05) is 67.3 Å². The van der Waals surface area contributed by atoms with Crippen molar-refractivity contribution in [2.75, 3.05) is 7.11 Å². The number of para-hydroxylation sites is 1. The molecule has 0 unspecified atom stereocenters. The SMILES string of the molecule is C=Cc1ccc(OCc2ccccc2)c(-c2ccccc2OC)c1. The summed E-state index contributed by atoms with van der Waals surface area (Å²) in [5, 5.41) is 0. The summed E-state index contributed by atoms with van der Waals surface area (Å²) < 4.78 is 11.6. The van der Waals surface area contributed by atoms with Crippen molar-refractivity contribution in [3.05, 3.63) is 90.5 Å². The molecule has 0 aliphatic rings. The molecule has 24 heavy (non-hydrogen) atoms. The Hall–Kier alpha value is -3.00. The number of hydrogen-bond donors (Lipinski definition) is 0. The number of rotatable bonds is 6. The van der Waals surface area contributed by atoms with Crippen LogP contribution < -0.4 is 9.47 Å². The van der Waals surface area contributed by atoms with Gasteiger partial charge in [0.2, 0.25) is 0 Å². The predicted octanol–water partition coefficient (Wildman–Crippen LogP) is 5.58. The first-order valence-electron chi connectivity index (χ1n) is 7.88. The Labute approximate surface area is 143 Å². The van der Waals surface area contributed by atoms with E-state index in [2.05, 4.69) is 24.8 Å². The molecule has 0 N–H and O–H groups in total. The van der Waals surface area contributed by atoms with Crippen LogP contribution in [-0.2, 0) is 6.61 Å². The van der Waals surface area contributed by atoms with E-state index in [1.165, 1.54) is 0 Å². The minimum atomic E-state index is 0.524. The van der Waals surface area contributed by atoms with Crippen molar-refractivity contribution < 1.29 is 9.47 Å². The lowest BCUT2D eigenvalue weighted by Crippen LogP contribution is -1.98. The highest BCUT2D eigenvalue weighted by atomic mass is 16.5. The van der Waals surface area contributed by atoms with E-state index >= 15 is 0 Å². The lowest BCUT2D eigenvalue weighted by molar-refractivity contribution is 0.307. The van der Waals surface area contributed by atoms with Gasteiger partial charge in [0.15, 0.2) is 0 Å². The molecule has 0 radical (unpaired) electrons. The third kappa shape index (κ3) is 3.49. The van der Waals surface area contributed by atoms with E-state index in [0.717, 1.165) is 33.8 Å². The van der Waals surface area contributed by atoms with Crippen LogP contribution in [0.3, 0.4) is 0 Å². The van der Waals surface area contributed by atoms with Crippen LogP contribution in [0.4, 0.5) is 0 Å². The van der Waals surface area contributed by atoms with Crippen LogP contribution in [-0.4, -0.2) is 7.11 Å². The van der Waals surface area contributed by atoms with E-state index in [-0.39, 0.29) is 0 Å². The summed E-state index contributed by atoms with van der Waals surface area (Å²) in [6, 6.07) is 24.2. The fourth-order valence-electron chi connectivity index (χ4n) is 2.61. The average Bonchev–Trinajstić information content (AvgIpc) is 2.67. The summed E-state index contributed by atoms with van der Waals surface area (Å²) in [4.78, 5) is 0. The van der Waals surface area contributed by atoms with Crippen LogP contribution in [0.15, 0.2) is 79.4 Å². The summed E-state index contributed by atoms with van der Waals surface area (Å²) in [7, 11) is 1.68. The summed E-state index contributed by atoms with van der Waals surface area (Å²) in [5.41, 5.74) is 4.19. The van der Waals surface area contributed by atoms with Crippen LogP contribution in [0.2, 0.25) is 0 Å². The zero-order chi connectivity index (χ0) is 16.8. The summed E-state index contributed by atoms with van der Waals surface area (Å²) in [6.07, 6.45) is 1.83. The van der Waals surface area contributed by atoms with Gasteiger partial charge in [-0.15, -0.1) is 0 Å². The van der Waals surface area contributed by atoms with Gasteiger partial charge in [0.1, 0.15) is 18.1 Å². The Balaban J connectivity index is 1.98. The molecule has 3 rings (SSSR count). The highest BCUT2D eigenvalue weighted by molar-refractivity contribution is 5.78. The van der Waals surface area contributed by atoms with Gasteiger partial charge < -0.3 is 9.47 Å². The maximum Gasteiger partial charge on any atom is 0.127 e. The molecule has 0 fully saturated rings. The van der Waals surface area contributed by atoms with E-state index in [4.69, 9.17) is 9.47 Å². The molecule has 0 saturated heterocycles. The Morgan fingerprint density at radius 1 is 0.833 bits per heavy atom. The molecule has 0 atom stereocenters. The van der Waals surface area contributed by atoms with Crippen molar-refractivity contribution in [2.45, 2.75) is 6.61 Å². The normalized spacial score (nSPS) is 10.2. The minimum Gasteiger partial charge on any atom is -0.496 e. The van der Waals surface area contributed by atoms with Crippen molar-refractivity contribution in [1.82, 2.24) is 0 Å². The standard InChI is InChI=1S/C22H20O2/c1-3-17-13-14-22(24-16-18-9-5-4-6-10-18)20(15-17)19-11-7-8-12-21(19)23-2/h3-15H,1,16H2,2H3. The summed E-state index contributed by atoms with van der Waals surface area (Å²) >= 11 is 0. The quantitative estimate of drug-likeness (QED) is 0.590. The number of ether oxygens (including phenoxy) is 2. The van der Waals surface area contributed by atoms with Gasteiger partial charge in [-0.25, -0.2) is 0 Å². The number of methoxy groups -OCH3 is 1. The van der Waals surface area contributed by atoms with Crippen molar-refractivity contribution in [1.29, 1.82) is 0 Å². The molecule has 3 aromatic rings. The first kappa shape index (κ1) is 15.9. The lowest BCUT2D eigenvalue weighted by Gasteiger charge is -2.15. The zero-order valence-corrected chi connectivity index (χ0v) is 13.7. The molecule has 0 spiro atoms. The Kier molecular flexibility index (Phi) is 4.97. The fourth-order valence-corrected chi connectivity index (χ4v) is 2.61. The molecular formula is C22H20O2. The minimum absolute atomic E-state index is 0.524.